The number of carbonyl (C=O) groups is 1. The van der Waals surface area contributed by atoms with E-state index in [0.717, 1.165) is 0 Å². The molecule has 4 nitrogen and oxygen atoms in total. The zero-order chi connectivity index (χ0) is 13.4. The molecule has 0 spiro atoms. The molecular weight excluding hydrogens is 228 g/mol. The van der Waals surface area contributed by atoms with Crippen LogP contribution >= 0.6 is 0 Å². The predicted molar refractivity (Wildman–Crippen MR) is 72.4 cm³/mol. The van der Waals surface area contributed by atoms with E-state index in [1.165, 1.54) is 11.1 Å². The van der Waals surface area contributed by atoms with Gasteiger partial charge in [-0.05, 0) is 19.4 Å². The molecule has 0 saturated heterocycles. The Hall–Kier alpha value is -1.39. The number of hydrogen-bond donors (Lipinski definition) is 2. The first-order valence-corrected chi connectivity index (χ1v) is 6.16. The second-order valence-electron chi connectivity index (χ2n) is 4.51. The molecule has 1 aromatic rings. The molecule has 0 aromatic heterocycles. The smallest absolute Gasteiger partial charge is 0.234 e. The van der Waals surface area contributed by atoms with Crippen LogP contribution in [0.1, 0.15) is 18.1 Å². The monoisotopic (exact) mass is 250 g/mol. The highest BCUT2D eigenvalue weighted by atomic mass is 16.5. The van der Waals surface area contributed by atoms with Crippen LogP contribution in [0.4, 0.5) is 0 Å². The van der Waals surface area contributed by atoms with Gasteiger partial charge in [-0.1, -0.05) is 29.8 Å². The number of aryl methyl sites for hydroxylation is 1. The van der Waals surface area contributed by atoms with Crippen LogP contribution in [0.2, 0.25) is 0 Å². The van der Waals surface area contributed by atoms with Crippen molar-refractivity contribution in [2.24, 2.45) is 0 Å². The van der Waals surface area contributed by atoms with Gasteiger partial charge in [-0.2, -0.15) is 0 Å². The topological polar surface area (TPSA) is 50.4 Å². The van der Waals surface area contributed by atoms with Crippen molar-refractivity contribution in [3.63, 3.8) is 0 Å². The van der Waals surface area contributed by atoms with Crippen molar-refractivity contribution >= 4 is 5.91 Å². The summed E-state index contributed by atoms with van der Waals surface area (Å²) in [6.07, 6.45) is 0. The summed E-state index contributed by atoms with van der Waals surface area (Å²) in [5.41, 5.74) is 2.42. The van der Waals surface area contributed by atoms with Crippen LogP contribution in [0.25, 0.3) is 0 Å². The summed E-state index contributed by atoms with van der Waals surface area (Å²) in [5.74, 6) is -0.00772. The van der Waals surface area contributed by atoms with Crippen LogP contribution in [0.15, 0.2) is 24.3 Å². The minimum Gasteiger partial charge on any atom is -0.383 e. The van der Waals surface area contributed by atoms with Crippen molar-refractivity contribution in [2.45, 2.75) is 26.4 Å². The average Bonchev–Trinajstić information content (AvgIpc) is 2.32. The van der Waals surface area contributed by atoms with Crippen molar-refractivity contribution in [3.8, 4) is 0 Å². The minimum absolute atomic E-state index is 0.00772. The first kappa shape index (κ1) is 14.7. The summed E-state index contributed by atoms with van der Waals surface area (Å²) in [6.45, 7) is 5.53. The molecule has 0 aliphatic carbocycles. The third-order valence-electron chi connectivity index (χ3n) is 2.56. The van der Waals surface area contributed by atoms with Gasteiger partial charge in [-0.15, -0.1) is 0 Å². The maximum Gasteiger partial charge on any atom is 0.234 e. The van der Waals surface area contributed by atoms with Gasteiger partial charge in [0.15, 0.2) is 0 Å². The first-order chi connectivity index (χ1) is 8.61. The minimum atomic E-state index is -0.00772. The summed E-state index contributed by atoms with van der Waals surface area (Å²) in [4.78, 5) is 11.5. The van der Waals surface area contributed by atoms with Crippen LogP contribution in [0, 0.1) is 6.92 Å². The van der Waals surface area contributed by atoms with Gasteiger partial charge >= 0.3 is 0 Å². The van der Waals surface area contributed by atoms with Gasteiger partial charge < -0.3 is 15.4 Å². The number of amides is 1. The van der Waals surface area contributed by atoms with E-state index < -0.39 is 0 Å². The van der Waals surface area contributed by atoms with Crippen LogP contribution in [-0.4, -0.2) is 32.2 Å². The number of nitrogens with one attached hydrogen (secondary N) is 2. The fourth-order valence-corrected chi connectivity index (χ4v) is 1.64. The van der Waals surface area contributed by atoms with Crippen LogP contribution < -0.4 is 10.6 Å². The maximum atomic E-state index is 11.5. The second kappa shape index (κ2) is 7.84. The molecule has 1 atom stereocenters. The van der Waals surface area contributed by atoms with E-state index in [1.807, 2.05) is 6.92 Å². The number of carbonyl (C=O) groups excluding carboxylic acids is 1. The van der Waals surface area contributed by atoms with E-state index in [0.29, 0.717) is 19.7 Å². The Balaban J connectivity index is 2.21. The molecule has 4 heteroatoms. The highest BCUT2D eigenvalue weighted by Gasteiger charge is 2.05. The van der Waals surface area contributed by atoms with Crippen molar-refractivity contribution in [2.75, 3.05) is 20.3 Å². The number of rotatable bonds is 7. The molecule has 1 unspecified atom stereocenters. The number of benzene rings is 1. The number of hydrogen-bond acceptors (Lipinski definition) is 3. The lowest BCUT2D eigenvalue weighted by Crippen LogP contribution is -2.40. The molecule has 2 N–H and O–H groups in total. The molecule has 0 heterocycles. The van der Waals surface area contributed by atoms with Crippen molar-refractivity contribution in [1.82, 2.24) is 10.6 Å². The summed E-state index contributed by atoms with van der Waals surface area (Å²) >= 11 is 0. The SMILES string of the molecule is COCC(C)NC(=O)CNCc1ccc(C)cc1. The van der Waals surface area contributed by atoms with Gasteiger partial charge in [0.1, 0.15) is 0 Å². The molecule has 0 radical (unpaired) electrons. The molecule has 1 amide bonds. The molecule has 0 saturated carbocycles. The Labute approximate surface area is 109 Å². The first-order valence-electron chi connectivity index (χ1n) is 6.16. The largest absolute Gasteiger partial charge is 0.383 e. The molecule has 100 valence electrons. The fourth-order valence-electron chi connectivity index (χ4n) is 1.64. The Kier molecular flexibility index (Phi) is 6.39. The van der Waals surface area contributed by atoms with E-state index in [-0.39, 0.29) is 11.9 Å². The highest BCUT2D eigenvalue weighted by Crippen LogP contribution is 2.01. The summed E-state index contributed by atoms with van der Waals surface area (Å²) in [5, 5.41) is 5.97. The van der Waals surface area contributed by atoms with Gasteiger partial charge in [-0.25, -0.2) is 0 Å². The highest BCUT2D eigenvalue weighted by molar-refractivity contribution is 5.78. The third kappa shape index (κ3) is 5.80. The van der Waals surface area contributed by atoms with E-state index in [2.05, 4.69) is 41.8 Å². The van der Waals surface area contributed by atoms with E-state index in [9.17, 15) is 4.79 Å². The van der Waals surface area contributed by atoms with Crippen molar-refractivity contribution in [1.29, 1.82) is 0 Å². The van der Waals surface area contributed by atoms with Crippen LogP contribution in [0.5, 0.6) is 0 Å². The summed E-state index contributed by atoms with van der Waals surface area (Å²) < 4.78 is 4.95. The van der Waals surface area contributed by atoms with Crippen molar-refractivity contribution in [3.05, 3.63) is 35.4 Å². The lowest BCUT2D eigenvalue weighted by Gasteiger charge is -2.13. The zero-order valence-corrected chi connectivity index (χ0v) is 11.3. The quantitative estimate of drug-likeness (QED) is 0.765. The van der Waals surface area contributed by atoms with Crippen LogP contribution in [-0.2, 0) is 16.1 Å². The van der Waals surface area contributed by atoms with Gasteiger partial charge in [0.2, 0.25) is 5.91 Å². The van der Waals surface area contributed by atoms with E-state index >= 15 is 0 Å². The lowest BCUT2D eigenvalue weighted by molar-refractivity contribution is -0.121. The maximum absolute atomic E-state index is 11.5. The number of methoxy groups -OCH3 is 1. The average molecular weight is 250 g/mol. The Bertz CT molecular complexity index is 363. The standard InChI is InChI=1S/C14H22N2O2/c1-11-4-6-13(7-5-11)8-15-9-14(17)16-12(2)10-18-3/h4-7,12,15H,8-10H2,1-3H3,(H,16,17). The van der Waals surface area contributed by atoms with Gasteiger partial charge in [0.05, 0.1) is 13.2 Å². The van der Waals surface area contributed by atoms with E-state index in [4.69, 9.17) is 4.74 Å². The molecular formula is C14H22N2O2. The number of ether oxygens (including phenoxy) is 1. The second-order valence-corrected chi connectivity index (χ2v) is 4.51. The van der Waals surface area contributed by atoms with E-state index in [1.54, 1.807) is 7.11 Å². The Morgan fingerprint density at radius 2 is 2.00 bits per heavy atom. The molecule has 1 aromatic carbocycles. The molecule has 0 aliphatic heterocycles. The fraction of sp³-hybridized carbons (Fsp3) is 0.500. The molecule has 18 heavy (non-hydrogen) atoms. The Morgan fingerprint density at radius 3 is 2.61 bits per heavy atom. The normalized spacial score (nSPS) is 12.2. The molecule has 0 aliphatic rings. The molecule has 1 rings (SSSR count). The lowest BCUT2D eigenvalue weighted by atomic mass is 10.1. The van der Waals surface area contributed by atoms with Gasteiger partial charge in [0, 0.05) is 19.7 Å². The summed E-state index contributed by atoms with van der Waals surface area (Å²) in [7, 11) is 1.62. The van der Waals surface area contributed by atoms with Gasteiger partial charge in [0.25, 0.3) is 0 Å². The van der Waals surface area contributed by atoms with Crippen LogP contribution in [0.3, 0.4) is 0 Å². The summed E-state index contributed by atoms with van der Waals surface area (Å²) in [6, 6.07) is 8.31. The third-order valence-corrected chi connectivity index (χ3v) is 2.56. The molecule has 0 fully saturated rings. The zero-order valence-electron chi connectivity index (χ0n) is 11.3. The van der Waals surface area contributed by atoms with Gasteiger partial charge in [-0.3, -0.25) is 4.79 Å². The Morgan fingerprint density at radius 1 is 1.33 bits per heavy atom. The molecule has 0 bridgehead atoms. The van der Waals surface area contributed by atoms with Crippen molar-refractivity contribution < 1.29 is 9.53 Å². The predicted octanol–water partition coefficient (Wildman–Crippen LogP) is 1.24.